The number of aromatic nitrogens is 1. The lowest BCUT2D eigenvalue weighted by atomic mass is 9.73. The van der Waals surface area contributed by atoms with Crippen molar-refractivity contribution >= 4 is 10.9 Å². The highest BCUT2D eigenvalue weighted by molar-refractivity contribution is 5.85. The van der Waals surface area contributed by atoms with Crippen molar-refractivity contribution in [2.24, 2.45) is 12.5 Å². The maximum absolute atomic E-state index is 6.07. The van der Waals surface area contributed by atoms with Crippen LogP contribution < -0.4 is 0 Å². The molecule has 2 fully saturated rings. The highest BCUT2D eigenvalue weighted by atomic mass is 16.6. The Balaban J connectivity index is 1.61. The third-order valence-electron chi connectivity index (χ3n) is 6.75. The molecule has 3 aliphatic heterocycles. The highest BCUT2D eigenvalue weighted by Gasteiger charge is 2.57. The molecule has 3 heteroatoms. The van der Waals surface area contributed by atoms with Gasteiger partial charge in [0, 0.05) is 48.7 Å². The molecule has 0 radical (unpaired) electrons. The maximum atomic E-state index is 6.07. The Morgan fingerprint density at radius 1 is 1.26 bits per heavy atom. The van der Waals surface area contributed by atoms with Gasteiger partial charge in [-0.3, -0.25) is 4.90 Å². The van der Waals surface area contributed by atoms with Gasteiger partial charge in [-0.25, -0.2) is 0 Å². The van der Waals surface area contributed by atoms with E-state index in [4.69, 9.17) is 4.74 Å². The molecule has 3 aliphatic rings. The quantitative estimate of drug-likeness (QED) is 0.754. The van der Waals surface area contributed by atoms with E-state index in [1.54, 1.807) is 11.3 Å². The lowest BCUT2D eigenvalue weighted by Crippen LogP contribution is -2.48. The van der Waals surface area contributed by atoms with E-state index < -0.39 is 0 Å². The molecule has 2 aromatic rings. The average molecular weight is 310 g/mol. The van der Waals surface area contributed by atoms with Gasteiger partial charge in [-0.15, -0.1) is 0 Å². The van der Waals surface area contributed by atoms with Gasteiger partial charge in [-0.1, -0.05) is 25.1 Å². The number of piperidine rings is 1. The molecule has 4 atom stereocenters. The number of rotatable bonds is 1. The first kappa shape index (κ1) is 14.1. The summed E-state index contributed by atoms with van der Waals surface area (Å²) in [6, 6.07) is 8.93. The number of benzene rings is 1. The number of aryl methyl sites for hydroxylation is 1. The van der Waals surface area contributed by atoms with Crippen LogP contribution >= 0.6 is 0 Å². The Labute approximate surface area is 138 Å². The van der Waals surface area contributed by atoms with Crippen LogP contribution in [0.3, 0.4) is 0 Å². The SMILES string of the molecule is CC[C@@]12CCc3c(c4ccccc4n3C)CCN(C[C@@H]3O[C@@H]31)C2. The molecule has 0 saturated carbocycles. The number of fused-ring (bicyclic) bond motifs is 7. The Bertz CT molecular complexity index is 764. The van der Waals surface area contributed by atoms with Gasteiger partial charge in [-0.2, -0.15) is 0 Å². The maximum Gasteiger partial charge on any atom is 0.0974 e. The fraction of sp³-hybridized carbons (Fsp3) is 0.600. The van der Waals surface area contributed by atoms with E-state index >= 15 is 0 Å². The molecular formula is C20H26N2O. The van der Waals surface area contributed by atoms with E-state index in [1.807, 2.05) is 0 Å². The first-order chi connectivity index (χ1) is 11.2. The molecule has 5 rings (SSSR count). The summed E-state index contributed by atoms with van der Waals surface area (Å²) in [5.74, 6) is 0. The third-order valence-corrected chi connectivity index (χ3v) is 6.75. The summed E-state index contributed by atoms with van der Waals surface area (Å²) >= 11 is 0. The predicted octanol–water partition coefficient (Wildman–Crippen LogP) is 3.15. The van der Waals surface area contributed by atoms with Gasteiger partial charge in [0.15, 0.2) is 0 Å². The zero-order chi connectivity index (χ0) is 15.6. The standard InChI is InChI=1S/C20H26N2O/c1-3-20-10-8-17-15(14-6-4-5-7-16(14)21(17)2)9-11-22(13-20)12-18-19(20)23-18/h4-7,18-19H,3,8-13H2,1-2H3/t18-,19-,20-/m0/s1. The minimum absolute atomic E-state index is 0.376. The number of para-hydroxylation sites is 1. The summed E-state index contributed by atoms with van der Waals surface area (Å²) in [6.45, 7) is 5.92. The van der Waals surface area contributed by atoms with Gasteiger partial charge in [0.2, 0.25) is 0 Å². The lowest BCUT2D eigenvalue weighted by Gasteiger charge is -2.39. The Morgan fingerprint density at radius 2 is 2.13 bits per heavy atom. The molecular weight excluding hydrogens is 284 g/mol. The van der Waals surface area contributed by atoms with Gasteiger partial charge in [0.05, 0.1) is 12.2 Å². The van der Waals surface area contributed by atoms with Crippen molar-refractivity contribution in [2.75, 3.05) is 19.6 Å². The molecule has 2 bridgehead atoms. The number of nitrogens with zero attached hydrogens (tertiary/aromatic N) is 2. The number of ether oxygens (including phenoxy) is 1. The summed E-state index contributed by atoms with van der Waals surface area (Å²) < 4.78 is 8.51. The molecule has 122 valence electrons. The third kappa shape index (κ3) is 1.96. The predicted molar refractivity (Wildman–Crippen MR) is 92.8 cm³/mol. The molecule has 0 amide bonds. The second-order valence-electron chi connectivity index (χ2n) is 7.80. The van der Waals surface area contributed by atoms with Crippen LogP contribution in [0.5, 0.6) is 0 Å². The van der Waals surface area contributed by atoms with Crippen molar-refractivity contribution < 1.29 is 4.74 Å². The van der Waals surface area contributed by atoms with E-state index in [2.05, 4.69) is 47.7 Å². The van der Waals surface area contributed by atoms with Crippen molar-refractivity contribution in [1.82, 2.24) is 9.47 Å². The molecule has 1 unspecified atom stereocenters. The van der Waals surface area contributed by atoms with E-state index in [0.29, 0.717) is 17.6 Å². The number of hydrogen-bond acceptors (Lipinski definition) is 2. The summed E-state index contributed by atoms with van der Waals surface area (Å²) in [6.07, 6.45) is 5.91. The summed E-state index contributed by atoms with van der Waals surface area (Å²) in [5.41, 5.74) is 4.92. The highest BCUT2D eigenvalue weighted by Crippen LogP contribution is 2.49. The van der Waals surface area contributed by atoms with Gasteiger partial charge in [0.1, 0.15) is 0 Å². The molecule has 0 aliphatic carbocycles. The molecule has 2 saturated heterocycles. The summed E-state index contributed by atoms with van der Waals surface area (Å²) in [5, 5.41) is 1.47. The van der Waals surface area contributed by atoms with Crippen LogP contribution in [0.25, 0.3) is 10.9 Å². The Morgan fingerprint density at radius 3 is 3.00 bits per heavy atom. The van der Waals surface area contributed by atoms with Gasteiger partial charge < -0.3 is 9.30 Å². The zero-order valence-corrected chi connectivity index (χ0v) is 14.2. The van der Waals surface area contributed by atoms with Crippen molar-refractivity contribution in [3.8, 4) is 0 Å². The monoisotopic (exact) mass is 310 g/mol. The van der Waals surface area contributed by atoms with Crippen LogP contribution in [0, 0.1) is 5.41 Å². The first-order valence-corrected chi connectivity index (χ1v) is 9.15. The van der Waals surface area contributed by atoms with Crippen LogP contribution in [0.1, 0.15) is 31.0 Å². The molecule has 0 spiro atoms. The van der Waals surface area contributed by atoms with Gasteiger partial charge >= 0.3 is 0 Å². The molecule has 1 aromatic heterocycles. The minimum Gasteiger partial charge on any atom is -0.368 e. The Hall–Kier alpha value is -1.32. The molecule has 4 heterocycles. The zero-order valence-electron chi connectivity index (χ0n) is 14.2. The largest absolute Gasteiger partial charge is 0.368 e. The van der Waals surface area contributed by atoms with E-state index in [1.165, 1.54) is 49.7 Å². The second kappa shape index (κ2) is 4.84. The fourth-order valence-electron chi connectivity index (χ4n) is 5.32. The van der Waals surface area contributed by atoms with Gasteiger partial charge in [-0.05, 0) is 37.3 Å². The second-order valence-corrected chi connectivity index (χ2v) is 7.80. The van der Waals surface area contributed by atoms with Crippen LogP contribution in [-0.4, -0.2) is 41.3 Å². The molecule has 23 heavy (non-hydrogen) atoms. The Kier molecular flexibility index (Phi) is 2.96. The molecule has 3 nitrogen and oxygen atoms in total. The van der Waals surface area contributed by atoms with Crippen LogP contribution in [0.2, 0.25) is 0 Å². The summed E-state index contributed by atoms with van der Waals surface area (Å²) in [7, 11) is 2.25. The van der Waals surface area contributed by atoms with Crippen LogP contribution in [-0.2, 0) is 24.6 Å². The molecule has 1 aromatic carbocycles. The fourth-order valence-corrected chi connectivity index (χ4v) is 5.32. The first-order valence-electron chi connectivity index (χ1n) is 9.15. The minimum atomic E-state index is 0.376. The molecule has 0 N–H and O–H groups in total. The summed E-state index contributed by atoms with van der Waals surface area (Å²) in [4.78, 5) is 2.68. The van der Waals surface area contributed by atoms with Crippen molar-refractivity contribution in [2.45, 2.75) is 44.8 Å². The van der Waals surface area contributed by atoms with Crippen LogP contribution in [0.4, 0.5) is 0 Å². The van der Waals surface area contributed by atoms with Crippen molar-refractivity contribution in [3.05, 3.63) is 35.5 Å². The topological polar surface area (TPSA) is 20.7 Å². The van der Waals surface area contributed by atoms with Gasteiger partial charge in [0.25, 0.3) is 0 Å². The number of epoxide rings is 1. The van der Waals surface area contributed by atoms with Crippen LogP contribution in [0.15, 0.2) is 24.3 Å². The normalized spacial score (nSPS) is 35.8. The number of hydrogen-bond donors (Lipinski definition) is 0. The van der Waals surface area contributed by atoms with E-state index in [-0.39, 0.29) is 0 Å². The van der Waals surface area contributed by atoms with E-state index in [0.717, 1.165) is 6.54 Å². The van der Waals surface area contributed by atoms with E-state index in [9.17, 15) is 0 Å². The van der Waals surface area contributed by atoms with Crippen molar-refractivity contribution in [3.63, 3.8) is 0 Å². The average Bonchev–Trinajstić information content (AvgIpc) is 3.30. The lowest BCUT2D eigenvalue weighted by molar-refractivity contribution is 0.0954. The van der Waals surface area contributed by atoms with Crippen molar-refractivity contribution in [1.29, 1.82) is 0 Å². The smallest absolute Gasteiger partial charge is 0.0974 e.